The summed E-state index contributed by atoms with van der Waals surface area (Å²) in [4.78, 5) is 5.38. The fourth-order valence-electron chi connectivity index (χ4n) is 4.16. The van der Waals surface area contributed by atoms with Crippen molar-refractivity contribution in [1.29, 1.82) is 0 Å². The first kappa shape index (κ1) is 18.4. The number of fused-ring (bicyclic) bond motifs is 3. The summed E-state index contributed by atoms with van der Waals surface area (Å²) >= 11 is 1.51. The number of thiazole rings is 1. The van der Waals surface area contributed by atoms with Crippen LogP contribution < -0.4 is 10.1 Å². The van der Waals surface area contributed by atoms with Crippen molar-refractivity contribution >= 4 is 32.3 Å². The van der Waals surface area contributed by atoms with Crippen LogP contribution in [0, 0.1) is 11.6 Å². The van der Waals surface area contributed by atoms with Crippen LogP contribution in [-0.4, -0.2) is 22.5 Å². The highest BCUT2D eigenvalue weighted by Gasteiger charge is 2.26. The molecular formula is C22H21F2N3OS. The summed E-state index contributed by atoms with van der Waals surface area (Å²) in [5, 5.41) is 3.57. The molecule has 2 aromatic carbocycles. The van der Waals surface area contributed by atoms with E-state index in [4.69, 9.17) is 4.74 Å². The molecule has 1 aliphatic carbocycles. The zero-order valence-electron chi connectivity index (χ0n) is 16.0. The molecule has 0 bridgehead atoms. The number of ether oxygens (including phenoxy) is 1. The van der Waals surface area contributed by atoms with Crippen LogP contribution in [0.3, 0.4) is 0 Å². The Morgan fingerprint density at radius 2 is 1.83 bits per heavy atom. The summed E-state index contributed by atoms with van der Waals surface area (Å²) in [6, 6.07) is 10.7. The van der Waals surface area contributed by atoms with Gasteiger partial charge in [-0.15, -0.1) is 0 Å². The van der Waals surface area contributed by atoms with E-state index in [0.29, 0.717) is 16.5 Å². The van der Waals surface area contributed by atoms with Crippen molar-refractivity contribution < 1.29 is 13.5 Å². The number of methoxy groups -OCH3 is 1. The van der Waals surface area contributed by atoms with Gasteiger partial charge in [-0.1, -0.05) is 42.7 Å². The molecule has 1 N–H and O–H groups in total. The molecule has 7 heteroatoms. The summed E-state index contributed by atoms with van der Waals surface area (Å²) in [6.07, 6.45) is 5.63. The Kier molecular flexibility index (Phi) is 4.62. The van der Waals surface area contributed by atoms with E-state index in [9.17, 15) is 8.78 Å². The number of para-hydroxylation sites is 1. The minimum absolute atomic E-state index is 0.121. The highest BCUT2D eigenvalue weighted by molar-refractivity contribution is 7.23. The Bertz CT molecular complexity index is 1170. The lowest BCUT2D eigenvalue weighted by Gasteiger charge is -2.24. The summed E-state index contributed by atoms with van der Waals surface area (Å²) in [6.45, 7) is 0. The maximum absolute atomic E-state index is 14.9. The SMILES string of the molecule is COc1cc(F)c(-c2nc3sc4ccccc4n3c2NC2CCCCC2)c(F)c1. The number of aromatic nitrogens is 2. The minimum atomic E-state index is -0.677. The normalized spacial score (nSPS) is 15.3. The van der Waals surface area contributed by atoms with Crippen LogP contribution in [0.15, 0.2) is 36.4 Å². The van der Waals surface area contributed by atoms with Crippen LogP contribution in [0.5, 0.6) is 5.75 Å². The summed E-state index contributed by atoms with van der Waals surface area (Å²) in [5.41, 5.74) is 1.17. The lowest BCUT2D eigenvalue weighted by atomic mass is 9.95. The molecule has 1 fully saturated rings. The molecular weight excluding hydrogens is 392 g/mol. The predicted octanol–water partition coefficient (Wildman–Crippen LogP) is 6.25. The number of imidazole rings is 1. The molecule has 4 nitrogen and oxygen atoms in total. The first-order valence-corrected chi connectivity index (χ1v) is 10.7. The molecule has 0 saturated heterocycles. The average Bonchev–Trinajstić information content (AvgIpc) is 3.25. The standard InChI is InChI=1S/C22H21F2N3OS/c1-28-14-11-15(23)19(16(24)12-14)20-21(25-13-7-3-2-4-8-13)27-17-9-5-6-10-18(17)29-22(27)26-20/h5-6,9-13,25H,2-4,7-8H2,1H3. The topological polar surface area (TPSA) is 38.6 Å². The quantitative estimate of drug-likeness (QED) is 0.430. The van der Waals surface area contributed by atoms with E-state index < -0.39 is 11.6 Å². The summed E-state index contributed by atoms with van der Waals surface area (Å²) in [5.74, 6) is -0.545. The molecule has 1 saturated carbocycles. The second-order valence-electron chi connectivity index (χ2n) is 7.44. The van der Waals surface area contributed by atoms with E-state index in [-0.39, 0.29) is 17.4 Å². The van der Waals surface area contributed by atoms with Crippen molar-refractivity contribution in [1.82, 2.24) is 9.38 Å². The maximum atomic E-state index is 14.9. The van der Waals surface area contributed by atoms with Gasteiger partial charge in [0, 0.05) is 18.2 Å². The Labute approximate surface area is 171 Å². The highest BCUT2D eigenvalue weighted by Crippen LogP contribution is 2.40. The summed E-state index contributed by atoms with van der Waals surface area (Å²) in [7, 11) is 1.39. The highest BCUT2D eigenvalue weighted by atomic mass is 32.1. The van der Waals surface area contributed by atoms with Gasteiger partial charge in [0.15, 0.2) is 4.96 Å². The molecule has 4 aromatic rings. The van der Waals surface area contributed by atoms with Crippen LogP contribution >= 0.6 is 11.3 Å². The molecule has 150 valence electrons. The summed E-state index contributed by atoms with van der Waals surface area (Å²) < 4.78 is 37.9. The molecule has 0 radical (unpaired) electrons. The number of anilines is 1. The fraction of sp³-hybridized carbons (Fsp3) is 0.318. The van der Waals surface area contributed by atoms with Gasteiger partial charge < -0.3 is 10.1 Å². The molecule has 2 heterocycles. The zero-order chi connectivity index (χ0) is 20.0. The predicted molar refractivity (Wildman–Crippen MR) is 113 cm³/mol. The van der Waals surface area contributed by atoms with Gasteiger partial charge in [-0.25, -0.2) is 13.8 Å². The largest absolute Gasteiger partial charge is 0.497 e. The molecule has 0 atom stereocenters. The van der Waals surface area contributed by atoms with Gasteiger partial charge in [0.1, 0.15) is 28.9 Å². The molecule has 0 amide bonds. The maximum Gasteiger partial charge on any atom is 0.197 e. The van der Waals surface area contributed by atoms with Crippen molar-refractivity contribution in [2.45, 2.75) is 38.1 Å². The van der Waals surface area contributed by atoms with E-state index in [2.05, 4.69) is 10.3 Å². The van der Waals surface area contributed by atoms with Crippen molar-refractivity contribution in [3.63, 3.8) is 0 Å². The lowest BCUT2D eigenvalue weighted by molar-refractivity contribution is 0.407. The van der Waals surface area contributed by atoms with Gasteiger partial charge in [-0.2, -0.15) is 0 Å². The lowest BCUT2D eigenvalue weighted by Crippen LogP contribution is -2.23. The van der Waals surface area contributed by atoms with Gasteiger partial charge in [-0.05, 0) is 25.0 Å². The van der Waals surface area contributed by atoms with E-state index in [0.717, 1.165) is 35.9 Å². The van der Waals surface area contributed by atoms with Gasteiger partial charge in [0.05, 0.1) is 22.9 Å². The van der Waals surface area contributed by atoms with Crippen molar-refractivity contribution in [2.75, 3.05) is 12.4 Å². The average molecular weight is 413 g/mol. The fourth-order valence-corrected chi connectivity index (χ4v) is 5.19. The Morgan fingerprint density at radius 1 is 1.10 bits per heavy atom. The van der Waals surface area contributed by atoms with Crippen molar-refractivity contribution in [3.8, 4) is 17.0 Å². The van der Waals surface area contributed by atoms with Crippen LogP contribution in [0.1, 0.15) is 32.1 Å². The van der Waals surface area contributed by atoms with Crippen molar-refractivity contribution in [3.05, 3.63) is 48.0 Å². The molecule has 0 spiro atoms. The van der Waals surface area contributed by atoms with Crippen molar-refractivity contribution in [2.24, 2.45) is 0 Å². The van der Waals surface area contributed by atoms with Crippen LogP contribution in [0.4, 0.5) is 14.6 Å². The second-order valence-corrected chi connectivity index (χ2v) is 8.45. The number of hydrogen-bond acceptors (Lipinski definition) is 4. The monoisotopic (exact) mass is 413 g/mol. The smallest absolute Gasteiger partial charge is 0.197 e. The number of hydrogen-bond donors (Lipinski definition) is 1. The molecule has 1 aliphatic rings. The van der Waals surface area contributed by atoms with E-state index in [1.807, 2.05) is 28.7 Å². The minimum Gasteiger partial charge on any atom is -0.497 e. The third kappa shape index (κ3) is 3.13. The number of halogens is 2. The Morgan fingerprint density at radius 3 is 2.55 bits per heavy atom. The number of nitrogens with one attached hydrogen (secondary N) is 1. The van der Waals surface area contributed by atoms with Gasteiger partial charge >= 0.3 is 0 Å². The third-order valence-electron chi connectivity index (χ3n) is 5.59. The number of rotatable bonds is 4. The third-order valence-corrected chi connectivity index (χ3v) is 6.61. The Hall–Kier alpha value is -2.67. The van der Waals surface area contributed by atoms with Crippen LogP contribution in [-0.2, 0) is 0 Å². The first-order chi connectivity index (χ1) is 14.2. The zero-order valence-corrected chi connectivity index (χ0v) is 16.9. The number of nitrogens with zero attached hydrogens (tertiary/aromatic N) is 2. The van der Waals surface area contributed by atoms with E-state index in [1.54, 1.807) is 0 Å². The Balaban J connectivity index is 1.73. The number of benzene rings is 2. The van der Waals surface area contributed by atoms with Crippen LogP contribution in [0.25, 0.3) is 26.4 Å². The molecule has 29 heavy (non-hydrogen) atoms. The molecule has 0 unspecified atom stereocenters. The van der Waals surface area contributed by atoms with Gasteiger partial charge in [0.2, 0.25) is 0 Å². The second kappa shape index (κ2) is 7.30. The van der Waals surface area contributed by atoms with Crippen LogP contribution in [0.2, 0.25) is 0 Å². The van der Waals surface area contributed by atoms with E-state index in [1.165, 1.54) is 37.0 Å². The molecule has 2 aromatic heterocycles. The van der Waals surface area contributed by atoms with E-state index >= 15 is 0 Å². The van der Waals surface area contributed by atoms with Gasteiger partial charge in [0.25, 0.3) is 0 Å². The first-order valence-electron chi connectivity index (χ1n) is 9.85. The molecule has 0 aliphatic heterocycles. The van der Waals surface area contributed by atoms with Gasteiger partial charge in [-0.3, -0.25) is 4.40 Å². The molecule has 5 rings (SSSR count).